The molecule has 1 aromatic carbocycles. The van der Waals surface area contributed by atoms with Crippen LogP contribution in [0.15, 0.2) is 33.4 Å². The molecule has 2 aromatic rings. The van der Waals surface area contributed by atoms with Gasteiger partial charge in [-0.2, -0.15) is 5.26 Å². The maximum atomic E-state index is 8.83. The highest BCUT2D eigenvalue weighted by atomic mass is 79.9. The summed E-state index contributed by atoms with van der Waals surface area (Å²) in [4.78, 5) is 0. The van der Waals surface area contributed by atoms with Gasteiger partial charge in [0.2, 0.25) is 0 Å². The van der Waals surface area contributed by atoms with Gasteiger partial charge < -0.3 is 10.1 Å². The number of nitrogens with zero attached hydrogens (tertiary/aromatic N) is 1. The lowest BCUT2D eigenvalue weighted by Crippen LogP contribution is -2.00. The molecule has 0 unspecified atom stereocenters. The highest BCUT2D eigenvalue weighted by Crippen LogP contribution is 2.27. The molecule has 1 N–H and O–H groups in total. The number of nitriles is 1. The number of methoxy groups -OCH3 is 1. The molecule has 0 atom stereocenters. The Balaban J connectivity index is 2.12. The molecule has 2 rings (SSSR count). The summed E-state index contributed by atoms with van der Waals surface area (Å²) < 4.78 is 6.38. The number of halogens is 1. The van der Waals surface area contributed by atoms with Crippen molar-refractivity contribution in [3.8, 4) is 11.8 Å². The standard InChI is InChI=1S/C13H11BrN2OS/c1-17-12-4-9(6-15)2-3-11(12)16-7-10-5-13(14)18-8-10/h2-5,8,16H,7H2,1H3. The summed E-state index contributed by atoms with van der Waals surface area (Å²) in [5.74, 6) is 0.684. The number of nitrogens with one attached hydrogen (secondary N) is 1. The van der Waals surface area contributed by atoms with Crippen molar-refractivity contribution in [2.45, 2.75) is 6.54 Å². The minimum absolute atomic E-state index is 0.593. The predicted octanol–water partition coefficient (Wildman–Crippen LogP) is 4.00. The summed E-state index contributed by atoms with van der Waals surface area (Å²) in [6.45, 7) is 0.727. The van der Waals surface area contributed by atoms with E-state index in [1.807, 2.05) is 6.07 Å². The molecule has 0 aliphatic carbocycles. The molecule has 0 aliphatic rings. The molecule has 0 bridgehead atoms. The Hall–Kier alpha value is -1.51. The zero-order valence-electron chi connectivity index (χ0n) is 9.74. The van der Waals surface area contributed by atoms with E-state index >= 15 is 0 Å². The second-order valence-corrected chi connectivity index (χ2v) is 5.93. The third-order valence-electron chi connectivity index (χ3n) is 2.44. The number of rotatable bonds is 4. The van der Waals surface area contributed by atoms with Crippen LogP contribution in [-0.2, 0) is 6.54 Å². The van der Waals surface area contributed by atoms with Crippen molar-refractivity contribution in [1.82, 2.24) is 0 Å². The number of hydrogen-bond acceptors (Lipinski definition) is 4. The minimum atomic E-state index is 0.593. The molecular formula is C13H11BrN2OS. The number of ether oxygens (including phenoxy) is 1. The SMILES string of the molecule is COc1cc(C#N)ccc1NCc1csc(Br)c1. The average molecular weight is 323 g/mol. The van der Waals surface area contributed by atoms with Crippen LogP contribution in [0, 0.1) is 11.3 Å². The molecular weight excluding hydrogens is 312 g/mol. The summed E-state index contributed by atoms with van der Waals surface area (Å²) in [6, 6.07) is 9.53. The van der Waals surface area contributed by atoms with Gasteiger partial charge in [0.1, 0.15) is 5.75 Å². The summed E-state index contributed by atoms with van der Waals surface area (Å²) in [5, 5.41) is 14.2. The molecule has 0 saturated heterocycles. The normalized spacial score (nSPS) is 9.83. The van der Waals surface area contributed by atoms with E-state index in [1.54, 1.807) is 30.6 Å². The topological polar surface area (TPSA) is 45.0 Å². The molecule has 92 valence electrons. The molecule has 0 radical (unpaired) electrons. The first-order chi connectivity index (χ1) is 8.72. The van der Waals surface area contributed by atoms with Crippen molar-refractivity contribution < 1.29 is 4.74 Å². The molecule has 3 nitrogen and oxygen atoms in total. The van der Waals surface area contributed by atoms with Crippen LogP contribution >= 0.6 is 27.3 Å². The van der Waals surface area contributed by atoms with Crippen molar-refractivity contribution in [3.63, 3.8) is 0 Å². The van der Waals surface area contributed by atoms with Crippen LogP contribution in [0.5, 0.6) is 5.75 Å². The summed E-state index contributed by atoms with van der Waals surface area (Å²) in [7, 11) is 1.60. The number of hydrogen-bond donors (Lipinski definition) is 1. The Morgan fingerprint density at radius 2 is 2.28 bits per heavy atom. The van der Waals surface area contributed by atoms with Gasteiger partial charge in [-0.15, -0.1) is 11.3 Å². The van der Waals surface area contributed by atoms with Gasteiger partial charge >= 0.3 is 0 Å². The summed E-state index contributed by atoms with van der Waals surface area (Å²) in [5.41, 5.74) is 2.69. The minimum Gasteiger partial charge on any atom is -0.495 e. The van der Waals surface area contributed by atoms with E-state index in [0.717, 1.165) is 16.0 Å². The molecule has 0 saturated carbocycles. The molecule has 0 amide bonds. The highest BCUT2D eigenvalue weighted by molar-refractivity contribution is 9.11. The Morgan fingerprint density at radius 1 is 1.44 bits per heavy atom. The molecule has 0 spiro atoms. The first-order valence-electron chi connectivity index (χ1n) is 5.28. The van der Waals surface area contributed by atoms with E-state index in [2.05, 4.69) is 38.8 Å². The van der Waals surface area contributed by atoms with Crippen LogP contribution in [0.4, 0.5) is 5.69 Å². The van der Waals surface area contributed by atoms with Crippen LogP contribution in [0.3, 0.4) is 0 Å². The van der Waals surface area contributed by atoms with Gasteiger partial charge in [0, 0.05) is 12.6 Å². The monoisotopic (exact) mass is 322 g/mol. The first-order valence-corrected chi connectivity index (χ1v) is 6.95. The molecule has 1 aromatic heterocycles. The van der Waals surface area contributed by atoms with Gasteiger partial charge in [0.25, 0.3) is 0 Å². The second kappa shape index (κ2) is 5.89. The van der Waals surface area contributed by atoms with E-state index in [9.17, 15) is 0 Å². The smallest absolute Gasteiger partial charge is 0.143 e. The molecule has 1 heterocycles. The fourth-order valence-electron chi connectivity index (χ4n) is 1.54. The molecule has 18 heavy (non-hydrogen) atoms. The van der Waals surface area contributed by atoms with E-state index in [0.29, 0.717) is 11.3 Å². The van der Waals surface area contributed by atoms with Gasteiger partial charge in [-0.1, -0.05) is 0 Å². The molecule has 0 aliphatic heterocycles. The second-order valence-electron chi connectivity index (χ2n) is 3.64. The van der Waals surface area contributed by atoms with Crippen LogP contribution in [0.2, 0.25) is 0 Å². The van der Waals surface area contributed by atoms with Gasteiger partial charge in [-0.25, -0.2) is 0 Å². The largest absolute Gasteiger partial charge is 0.495 e. The fourth-order valence-corrected chi connectivity index (χ4v) is 2.75. The Morgan fingerprint density at radius 3 is 2.89 bits per heavy atom. The lowest BCUT2D eigenvalue weighted by Gasteiger charge is -2.10. The van der Waals surface area contributed by atoms with Crippen molar-refractivity contribution >= 4 is 33.0 Å². The van der Waals surface area contributed by atoms with Crippen molar-refractivity contribution in [1.29, 1.82) is 5.26 Å². The van der Waals surface area contributed by atoms with Gasteiger partial charge in [0.05, 0.1) is 28.2 Å². The third kappa shape index (κ3) is 3.03. The Kier molecular flexibility index (Phi) is 4.24. The van der Waals surface area contributed by atoms with Crippen LogP contribution in [0.1, 0.15) is 11.1 Å². The predicted molar refractivity (Wildman–Crippen MR) is 77.1 cm³/mol. The van der Waals surface area contributed by atoms with E-state index in [4.69, 9.17) is 10.00 Å². The van der Waals surface area contributed by atoms with Gasteiger partial charge in [0.15, 0.2) is 0 Å². The van der Waals surface area contributed by atoms with Crippen molar-refractivity contribution in [2.75, 3.05) is 12.4 Å². The molecule has 5 heteroatoms. The zero-order chi connectivity index (χ0) is 13.0. The summed E-state index contributed by atoms with van der Waals surface area (Å²) in [6.07, 6.45) is 0. The van der Waals surface area contributed by atoms with E-state index in [1.165, 1.54) is 5.56 Å². The first kappa shape index (κ1) is 12.9. The van der Waals surface area contributed by atoms with Crippen molar-refractivity contribution in [2.24, 2.45) is 0 Å². The van der Waals surface area contributed by atoms with Gasteiger partial charge in [-0.05, 0) is 45.1 Å². The molecule has 0 fully saturated rings. The average Bonchev–Trinajstić information content (AvgIpc) is 2.82. The number of thiophene rings is 1. The lowest BCUT2D eigenvalue weighted by molar-refractivity contribution is 0.416. The quantitative estimate of drug-likeness (QED) is 0.925. The van der Waals surface area contributed by atoms with Gasteiger partial charge in [-0.3, -0.25) is 0 Å². The Bertz CT molecular complexity index is 589. The van der Waals surface area contributed by atoms with E-state index in [-0.39, 0.29) is 0 Å². The summed E-state index contributed by atoms with van der Waals surface area (Å²) >= 11 is 5.09. The number of benzene rings is 1. The van der Waals surface area contributed by atoms with Crippen LogP contribution in [-0.4, -0.2) is 7.11 Å². The van der Waals surface area contributed by atoms with E-state index < -0.39 is 0 Å². The highest BCUT2D eigenvalue weighted by Gasteiger charge is 2.04. The Labute approximate surface area is 118 Å². The van der Waals surface area contributed by atoms with Crippen LogP contribution < -0.4 is 10.1 Å². The van der Waals surface area contributed by atoms with Crippen molar-refractivity contribution in [3.05, 3.63) is 44.6 Å². The lowest BCUT2D eigenvalue weighted by atomic mass is 10.2. The fraction of sp³-hybridized carbons (Fsp3) is 0.154. The third-order valence-corrected chi connectivity index (χ3v) is 3.99. The zero-order valence-corrected chi connectivity index (χ0v) is 12.1. The maximum Gasteiger partial charge on any atom is 0.143 e. The van der Waals surface area contributed by atoms with Crippen LogP contribution in [0.25, 0.3) is 0 Å². The maximum absolute atomic E-state index is 8.83. The number of anilines is 1.